The van der Waals surface area contributed by atoms with Gasteiger partial charge in [-0.15, -0.1) is 11.3 Å². The number of amides is 2. The van der Waals surface area contributed by atoms with Crippen LogP contribution in [0.4, 0.5) is 5.00 Å². The number of benzene rings is 1. The third kappa shape index (κ3) is 5.51. The number of rotatable bonds is 9. The van der Waals surface area contributed by atoms with E-state index in [-0.39, 0.29) is 5.56 Å². The van der Waals surface area contributed by atoms with Gasteiger partial charge in [0.2, 0.25) is 5.75 Å². The van der Waals surface area contributed by atoms with Crippen LogP contribution in [0.1, 0.15) is 22.8 Å². The first-order valence-corrected chi connectivity index (χ1v) is 9.55. The number of primary amides is 1. The predicted octanol–water partition coefficient (Wildman–Crippen LogP) is 2.46. The maximum Gasteiger partial charge on any atom is 0.331 e. The van der Waals surface area contributed by atoms with Gasteiger partial charge in [-0.05, 0) is 42.1 Å². The maximum atomic E-state index is 12.2. The molecule has 0 spiro atoms. The van der Waals surface area contributed by atoms with E-state index in [0.717, 1.165) is 11.3 Å². The van der Waals surface area contributed by atoms with Gasteiger partial charge in [0.25, 0.3) is 11.8 Å². The minimum atomic E-state index is -1.09. The molecule has 30 heavy (non-hydrogen) atoms. The molecule has 160 valence electrons. The lowest BCUT2D eigenvalue weighted by Gasteiger charge is -2.13. The molecule has 2 amide bonds. The summed E-state index contributed by atoms with van der Waals surface area (Å²) in [6.45, 7) is 1.41. The number of nitrogens with two attached hydrogens (primary N) is 1. The van der Waals surface area contributed by atoms with Crippen molar-refractivity contribution >= 4 is 40.2 Å². The molecule has 1 unspecified atom stereocenters. The molecule has 2 aromatic rings. The molecule has 1 heterocycles. The van der Waals surface area contributed by atoms with Gasteiger partial charge in [0.1, 0.15) is 5.00 Å². The van der Waals surface area contributed by atoms with Crippen LogP contribution in [0, 0.1) is 0 Å². The Morgan fingerprint density at radius 1 is 1.10 bits per heavy atom. The number of anilines is 1. The molecule has 0 aliphatic carbocycles. The minimum absolute atomic E-state index is 0.189. The lowest BCUT2D eigenvalue weighted by Crippen LogP contribution is -2.29. The number of methoxy groups -OCH3 is 3. The van der Waals surface area contributed by atoms with E-state index in [0.29, 0.717) is 27.8 Å². The molecule has 0 aliphatic heterocycles. The van der Waals surface area contributed by atoms with Gasteiger partial charge < -0.3 is 30.0 Å². The summed E-state index contributed by atoms with van der Waals surface area (Å²) in [6.07, 6.45) is 1.57. The van der Waals surface area contributed by atoms with Crippen molar-refractivity contribution in [3.63, 3.8) is 0 Å². The topological polar surface area (TPSA) is 126 Å². The second kappa shape index (κ2) is 10.3. The number of hydrogen-bond acceptors (Lipinski definition) is 8. The molecule has 0 aliphatic rings. The lowest BCUT2D eigenvalue weighted by atomic mass is 10.1. The van der Waals surface area contributed by atoms with Crippen molar-refractivity contribution in [2.75, 3.05) is 26.6 Å². The molecule has 0 saturated carbocycles. The van der Waals surface area contributed by atoms with Crippen LogP contribution in [-0.2, 0) is 14.3 Å². The van der Waals surface area contributed by atoms with Crippen molar-refractivity contribution in [2.45, 2.75) is 13.0 Å². The van der Waals surface area contributed by atoms with E-state index in [1.54, 1.807) is 17.5 Å². The summed E-state index contributed by atoms with van der Waals surface area (Å²) in [4.78, 5) is 35.6. The zero-order valence-electron chi connectivity index (χ0n) is 16.9. The first-order chi connectivity index (χ1) is 14.3. The Morgan fingerprint density at radius 3 is 2.27 bits per heavy atom. The Bertz CT molecular complexity index is 943. The average molecular weight is 434 g/mol. The molecule has 1 aromatic carbocycles. The van der Waals surface area contributed by atoms with Gasteiger partial charge in [0.15, 0.2) is 17.6 Å². The average Bonchev–Trinajstić information content (AvgIpc) is 3.19. The van der Waals surface area contributed by atoms with Crippen molar-refractivity contribution in [1.29, 1.82) is 0 Å². The number of nitrogens with one attached hydrogen (secondary N) is 1. The van der Waals surface area contributed by atoms with E-state index in [1.165, 1.54) is 46.5 Å². The largest absolute Gasteiger partial charge is 0.493 e. The summed E-state index contributed by atoms with van der Waals surface area (Å²) >= 11 is 1.14. The van der Waals surface area contributed by atoms with Crippen LogP contribution in [0.3, 0.4) is 0 Å². The number of carbonyl (C=O) groups is 3. The Balaban J connectivity index is 2.04. The molecule has 9 nitrogen and oxygen atoms in total. The number of esters is 1. The van der Waals surface area contributed by atoms with Gasteiger partial charge in [0.05, 0.1) is 26.9 Å². The molecule has 0 saturated heterocycles. The number of carbonyl (C=O) groups excluding carboxylic acids is 3. The van der Waals surface area contributed by atoms with Crippen LogP contribution in [0.2, 0.25) is 0 Å². The first-order valence-electron chi connectivity index (χ1n) is 8.67. The number of thiophene rings is 1. The summed E-state index contributed by atoms with van der Waals surface area (Å²) in [7, 11) is 4.45. The zero-order chi connectivity index (χ0) is 22.3. The Hall–Kier alpha value is -3.53. The predicted molar refractivity (Wildman–Crippen MR) is 112 cm³/mol. The molecule has 10 heteroatoms. The highest BCUT2D eigenvalue weighted by atomic mass is 32.1. The van der Waals surface area contributed by atoms with E-state index >= 15 is 0 Å². The Morgan fingerprint density at radius 2 is 1.73 bits per heavy atom. The summed E-state index contributed by atoms with van der Waals surface area (Å²) < 4.78 is 20.9. The van der Waals surface area contributed by atoms with Gasteiger partial charge in [-0.2, -0.15) is 0 Å². The highest BCUT2D eigenvalue weighted by Crippen LogP contribution is 2.38. The van der Waals surface area contributed by atoms with Crippen LogP contribution >= 0.6 is 11.3 Å². The van der Waals surface area contributed by atoms with Gasteiger partial charge in [-0.25, -0.2) is 4.79 Å². The molecule has 0 fully saturated rings. The summed E-state index contributed by atoms with van der Waals surface area (Å²) in [6, 6.07) is 4.81. The minimum Gasteiger partial charge on any atom is -0.493 e. The number of ether oxygens (including phenoxy) is 4. The van der Waals surface area contributed by atoms with Crippen molar-refractivity contribution in [2.24, 2.45) is 5.73 Å². The molecule has 0 radical (unpaired) electrons. The van der Waals surface area contributed by atoms with Crippen molar-refractivity contribution in [3.8, 4) is 17.2 Å². The number of hydrogen-bond donors (Lipinski definition) is 2. The van der Waals surface area contributed by atoms with E-state index in [9.17, 15) is 14.4 Å². The van der Waals surface area contributed by atoms with Crippen molar-refractivity contribution < 1.29 is 33.3 Å². The molecule has 1 atom stereocenters. The monoisotopic (exact) mass is 434 g/mol. The normalized spacial score (nSPS) is 11.6. The summed E-state index contributed by atoms with van der Waals surface area (Å²) in [5, 5.41) is 4.44. The highest BCUT2D eigenvalue weighted by molar-refractivity contribution is 7.14. The quantitative estimate of drug-likeness (QED) is 0.458. The van der Waals surface area contributed by atoms with E-state index < -0.39 is 23.9 Å². The maximum absolute atomic E-state index is 12.2. The van der Waals surface area contributed by atoms with Crippen LogP contribution in [0.15, 0.2) is 29.7 Å². The molecular weight excluding hydrogens is 412 g/mol. The van der Waals surface area contributed by atoms with Gasteiger partial charge in [0, 0.05) is 6.08 Å². The van der Waals surface area contributed by atoms with Crippen LogP contribution < -0.4 is 25.3 Å². The lowest BCUT2D eigenvalue weighted by molar-refractivity contribution is -0.148. The molecule has 3 N–H and O–H groups in total. The van der Waals surface area contributed by atoms with Crippen LogP contribution in [0.5, 0.6) is 17.2 Å². The third-order valence-electron chi connectivity index (χ3n) is 3.93. The van der Waals surface area contributed by atoms with Crippen molar-refractivity contribution in [1.82, 2.24) is 0 Å². The zero-order valence-corrected chi connectivity index (χ0v) is 17.7. The second-order valence-corrected chi connectivity index (χ2v) is 6.80. The van der Waals surface area contributed by atoms with E-state index in [2.05, 4.69) is 5.32 Å². The fraction of sp³-hybridized carbons (Fsp3) is 0.250. The fourth-order valence-corrected chi connectivity index (χ4v) is 3.24. The van der Waals surface area contributed by atoms with Crippen LogP contribution in [0.25, 0.3) is 6.08 Å². The summed E-state index contributed by atoms with van der Waals surface area (Å²) in [5.41, 5.74) is 6.03. The SMILES string of the molecule is COc1cc(/C=C/C(=O)OC(C)C(=O)Nc2sccc2C(N)=O)cc(OC)c1OC. The molecule has 1 aromatic heterocycles. The fourth-order valence-electron chi connectivity index (χ4n) is 2.44. The summed E-state index contributed by atoms with van der Waals surface area (Å²) in [5.74, 6) is -0.696. The standard InChI is InChI=1S/C20H22N2O7S/c1-11(19(25)22-20-13(18(21)24)7-8-30-20)29-16(23)6-5-12-9-14(26-2)17(28-4)15(10-12)27-3/h5-11H,1-4H3,(H2,21,24)(H,22,25)/b6-5+. The molecule has 0 bridgehead atoms. The second-order valence-electron chi connectivity index (χ2n) is 5.89. The van der Waals surface area contributed by atoms with Crippen LogP contribution in [-0.4, -0.2) is 45.2 Å². The third-order valence-corrected chi connectivity index (χ3v) is 4.76. The van der Waals surface area contributed by atoms with Gasteiger partial charge >= 0.3 is 5.97 Å². The van der Waals surface area contributed by atoms with Crippen molar-refractivity contribution in [3.05, 3.63) is 40.8 Å². The Labute approximate surface area is 177 Å². The molecular formula is C20H22N2O7S. The molecule has 2 rings (SSSR count). The smallest absolute Gasteiger partial charge is 0.331 e. The highest BCUT2D eigenvalue weighted by Gasteiger charge is 2.20. The first kappa shape index (κ1) is 22.8. The van der Waals surface area contributed by atoms with E-state index in [1.807, 2.05) is 0 Å². The van der Waals surface area contributed by atoms with E-state index in [4.69, 9.17) is 24.7 Å². The van der Waals surface area contributed by atoms with Gasteiger partial charge in [-0.3, -0.25) is 9.59 Å². The Kier molecular flexibility index (Phi) is 7.82. The van der Waals surface area contributed by atoms with Gasteiger partial charge in [-0.1, -0.05) is 0 Å².